The van der Waals surface area contributed by atoms with Gasteiger partial charge in [0.25, 0.3) is 5.91 Å². The molecule has 3 rings (SSSR count). The SMILES string of the molecule is CCOc1cc(/C=C(/C#N)C(=O)Nc2ccc(C)c(Cl)c2)cc(I)c1OCc1ccc(C)cc1. The molecule has 3 aromatic carbocycles. The highest BCUT2D eigenvalue weighted by Crippen LogP contribution is 2.35. The van der Waals surface area contributed by atoms with E-state index in [0.29, 0.717) is 41.0 Å². The van der Waals surface area contributed by atoms with Gasteiger partial charge >= 0.3 is 0 Å². The number of hydrogen-bond acceptors (Lipinski definition) is 4. The number of carbonyl (C=O) groups is 1. The molecular formula is C27H24ClIN2O3. The molecule has 34 heavy (non-hydrogen) atoms. The van der Waals surface area contributed by atoms with Gasteiger partial charge in [-0.3, -0.25) is 4.79 Å². The first-order valence-corrected chi connectivity index (χ1v) is 12.1. The van der Waals surface area contributed by atoms with Crippen LogP contribution in [0.15, 0.2) is 60.2 Å². The summed E-state index contributed by atoms with van der Waals surface area (Å²) in [4.78, 5) is 12.7. The number of ether oxygens (including phenoxy) is 2. The van der Waals surface area contributed by atoms with Crippen LogP contribution in [0.3, 0.4) is 0 Å². The van der Waals surface area contributed by atoms with Gasteiger partial charge in [0.05, 0.1) is 10.2 Å². The highest BCUT2D eigenvalue weighted by Gasteiger charge is 2.15. The zero-order valence-corrected chi connectivity index (χ0v) is 22.0. The summed E-state index contributed by atoms with van der Waals surface area (Å²) in [6, 6.07) is 18.9. The smallest absolute Gasteiger partial charge is 0.266 e. The number of aryl methyl sites for hydroxylation is 2. The lowest BCUT2D eigenvalue weighted by Gasteiger charge is -2.15. The average Bonchev–Trinajstić information content (AvgIpc) is 2.80. The summed E-state index contributed by atoms with van der Waals surface area (Å²) in [5, 5.41) is 12.9. The lowest BCUT2D eigenvalue weighted by Crippen LogP contribution is -2.13. The van der Waals surface area contributed by atoms with Crippen LogP contribution in [0.1, 0.15) is 29.2 Å². The third-order valence-corrected chi connectivity index (χ3v) is 6.15. The van der Waals surface area contributed by atoms with Crippen LogP contribution in [-0.2, 0) is 11.4 Å². The van der Waals surface area contributed by atoms with E-state index in [9.17, 15) is 10.1 Å². The molecule has 1 amide bonds. The number of carbonyl (C=O) groups excluding carboxylic acids is 1. The van der Waals surface area contributed by atoms with E-state index in [1.54, 1.807) is 24.3 Å². The first-order chi connectivity index (χ1) is 16.3. The van der Waals surface area contributed by atoms with E-state index in [4.69, 9.17) is 21.1 Å². The molecular weight excluding hydrogens is 563 g/mol. The molecule has 7 heteroatoms. The van der Waals surface area contributed by atoms with Crippen molar-refractivity contribution in [3.8, 4) is 17.6 Å². The van der Waals surface area contributed by atoms with Gasteiger partial charge in [-0.15, -0.1) is 0 Å². The summed E-state index contributed by atoms with van der Waals surface area (Å²) in [5.41, 5.74) is 4.27. The Balaban J connectivity index is 1.84. The molecule has 3 aromatic rings. The summed E-state index contributed by atoms with van der Waals surface area (Å²) in [7, 11) is 0. The Morgan fingerprint density at radius 1 is 1.12 bits per heavy atom. The normalized spacial score (nSPS) is 11.0. The summed E-state index contributed by atoms with van der Waals surface area (Å²) in [5.74, 6) is 0.656. The Morgan fingerprint density at radius 3 is 2.50 bits per heavy atom. The van der Waals surface area contributed by atoms with Crippen LogP contribution in [0.2, 0.25) is 5.02 Å². The van der Waals surface area contributed by atoms with Gasteiger partial charge in [-0.25, -0.2) is 0 Å². The lowest BCUT2D eigenvalue weighted by atomic mass is 10.1. The van der Waals surface area contributed by atoms with E-state index in [2.05, 4.69) is 27.9 Å². The fraction of sp³-hybridized carbons (Fsp3) is 0.185. The Morgan fingerprint density at radius 2 is 1.85 bits per heavy atom. The maximum Gasteiger partial charge on any atom is 0.266 e. The van der Waals surface area contributed by atoms with Crippen molar-refractivity contribution in [2.45, 2.75) is 27.4 Å². The second kappa shape index (κ2) is 11.9. The van der Waals surface area contributed by atoms with Gasteiger partial charge in [-0.2, -0.15) is 5.26 Å². The average molecular weight is 587 g/mol. The van der Waals surface area contributed by atoms with E-state index in [0.717, 1.165) is 14.7 Å². The van der Waals surface area contributed by atoms with Crippen LogP contribution in [0.5, 0.6) is 11.5 Å². The second-order valence-corrected chi connectivity index (χ2v) is 9.19. The summed E-state index contributed by atoms with van der Waals surface area (Å²) >= 11 is 8.30. The first kappa shape index (κ1) is 25.6. The third-order valence-electron chi connectivity index (χ3n) is 4.94. The zero-order chi connectivity index (χ0) is 24.7. The molecule has 0 unspecified atom stereocenters. The van der Waals surface area contributed by atoms with Crippen LogP contribution in [-0.4, -0.2) is 12.5 Å². The van der Waals surface area contributed by atoms with Crippen LogP contribution >= 0.6 is 34.2 Å². The highest BCUT2D eigenvalue weighted by atomic mass is 127. The molecule has 0 aliphatic carbocycles. The maximum atomic E-state index is 12.7. The van der Waals surface area contributed by atoms with Crippen molar-refractivity contribution in [1.29, 1.82) is 5.26 Å². The molecule has 0 aliphatic heterocycles. The topological polar surface area (TPSA) is 71.3 Å². The summed E-state index contributed by atoms with van der Waals surface area (Å²) in [6.45, 7) is 6.65. The maximum absolute atomic E-state index is 12.7. The number of nitrogens with zero attached hydrogens (tertiary/aromatic N) is 1. The highest BCUT2D eigenvalue weighted by molar-refractivity contribution is 14.1. The first-order valence-electron chi connectivity index (χ1n) is 10.6. The van der Waals surface area contributed by atoms with E-state index < -0.39 is 5.91 Å². The lowest BCUT2D eigenvalue weighted by molar-refractivity contribution is -0.112. The van der Waals surface area contributed by atoms with Crippen molar-refractivity contribution >= 4 is 51.9 Å². The Kier molecular flexibility index (Phi) is 8.97. The van der Waals surface area contributed by atoms with E-state index in [1.807, 2.05) is 57.2 Å². The minimum absolute atomic E-state index is 0.0386. The molecule has 0 bridgehead atoms. The number of halogens is 2. The van der Waals surface area contributed by atoms with Crippen molar-refractivity contribution in [1.82, 2.24) is 0 Å². The molecule has 0 heterocycles. The van der Waals surface area contributed by atoms with Gasteiger partial charge in [0.2, 0.25) is 0 Å². The molecule has 0 atom stereocenters. The number of hydrogen-bond donors (Lipinski definition) is 1. The fourth-order valence-corrected chi connectivity index (χ4v) is 4.06. The van der Waals surface area contributed by atoms with Crippen molar-refractivity contribution in [2.24, 2.45) is 0 Å². The summed E-state index contributed by atoms with van der Waals surface area (Å²) < 4.78 is 12.7. The number of nitriles is 1. The Labute approximate surface area is 218 Å². The predicted octanol–water partition coefficient (Wildman–Crippen LogP) is 7.08. The standard InChI is InChI=1S/C27H24ClIN2O3/c1-4-33-25-13-20(12-24(29)26(25)34-16-19-8-5-17(2)6-9-19)11-21(15-30)27(32)31-22-10-7-18(3)23(28)14-22/h5-14H,4,16H2,1-3H3,(H,31,32)/b21-11-. The number of benzene rings is 3. The van der Waals surface area contributed by atoms with E-state index >= 15 is 0 Å². The van der Waals surface area contributed by atoms with Gasteiger partial charge < -0.3 is 14.8 Å². The summed E-state index contributed by atoms with van der Waals surface area (Å²) in [6.07, 6.45) is 1.53. The number of nitrogens with one attached hydrogen (secondary N) is 1. The Bertz CT molecular complexity index is 1260. The molecule has 0 aliphatic rings. The fourth-order valence-electron chi connectivity index (χ4n) is 3.10. The van der Waals surface area contributed by atoms with Crippen molar-refractivity contribution in [3.63, 3.8) is 0 Å². The van der Waals surface area contributed by atoms with Crippen LogP contribution < -0.4 is 14.8 Å². The number of rotatable bonds is 8. The molecule has 0 radical (unpaired) electrons. The van der Waals surface area contributed by atoms with Crippen molar-refractivity contribution < 1.29 is 14.3 Å². The second-order valence-electron chi connectivity index (χ2n) is 7.63. The largest absolute Gasteiger partial charge is 0.490 e. The van der Waals surface area contributed by atoms with Crippen molar-refractivity contribution in [2.75, 3.05) is 11.9 Å². The minimum atomic E-state index is -0.518. The molecule has 5 nitrogen and oxygen atoms in total. The van der Waals surface area contributed by atoms with E-state index in [1.165, 1.54) is 11.6 Å². The van der Waals surface area contributed by atoms with Gasteiger partial charge in [0.1, 0.15) is 18.2 Å². The molecule has 0 saturated heterocycles. The molecule has 0 aromatic heterocycles. The van der Waals surface area contributed by atoms with Gasteiger partial charge in [0, 0.05) is 10.7 Å². The van der Waals surface area contributed by atoms with Crippen LogP contribution in [0, 0.1) is 28.7 Å². The van der Waals surface area contributed by atoms with Crippen LogP contribution in [0.4, 0.5) is 5.69 Å². The quantitative estimate of drug-likeness (QED) is 0.174. The van der Waals surface area contributed by atoms with Crippen molar-refractivity contribution in [3.05, 3.63) is 91.0 Å². The molecule has 174 valence electrons. The zero-order valence-electron chi connectivity index (χ0n) is 19.1. The monoisotopic (exact) mass is 586 g/mol. The van der Waals surface area contributed by atoms with Gasteiger partial charge in [-0.05, 0) is 90.4 Å². The predicted molar refractivity (Wildman–Crippen MR) is 144 cm³/mol. The van der Waals surface area contributed by atoms with Gasteiger partial charge in [-0.1, -0.05) is 47.5 Å². The minimum Gasteiger partial charge on any atom is -0.490 e. The molecule has 0 spiro atoms. The van der Waals surface area contributed by atoms with Crippen LogP contribution in [0.25, 0.3) is 6.08 Å². The molecule has 1 N–H and O–H groups in total. The number of anilines is 1. The molecule has 0 fully saturated rings. The van der Waals surface area contributed by atoms with E-state index in [-0.39, 0.29) is 5.57 Å². The molecule has 0 saturated carbocycles. The Hall–Kier alpha value is -3.02. The van der Waals surface area contributed by atoms with Gasteiger partial charge in [0.15, 0.2) is 11.5 Å². The number of amides is 1. The third kappa shape index (κ3) is 6.75.